The molecule has 1 heterocycles. The van der Waals surface area contributed by atoms with Crippen molar-refractivity contribution in [2.45, 2.75) is 12.5 Å². The van der Waals surface area contributed by atoms with Gasteiger partial charge in [-0.15, -0.1) is 0 Å². The fourth-order valence-electron chi connectivity index (χ4n) is 3.45. The highest BCUT2D eigenvalue weighted by Crippen LogP contribution is 2.33. The van der Waals surface area contributed by atoms with E-state index in [2.05, 4.69) is 22.6 Å². The first-order valence-electron chi connectivity index (χ1n) is 9.03. The Morgan fingerprint density at radius 2 is 1.90 bits per heavy atom. The average molecular weight is 507 g/mol. The summed E-state index contributed by atoms with van der Waals surface area (Å²) >= 11 is 2.24. The van der Waals surface area contributed by atoms with Gasteiger partial charge in [-0.05, 0) is 70.0 Å². The Kier molecular flexibility index (Phi) is 6.79. The first-order chi connectivity index (χ1) is 14.0. The van der Waals surface area contributed by atoms with Crippen LogP contribution in [0.3, 0.4) is 0 Å². The fraction of sp³-hybridized carbons (Fsp3) is 0.273. The molecule has 0 N–H and O–H groups in total. The molecule has 7 heteroatoms. The predicted molar refractivity (Wildman–Crippen MR) is 118 cm³/mol. The molecule has 6 nitrogen and oxygen atoms in total. The smallest absolute Gasteiger partial charge is 0.410 e. The summed E-state index contributed by atoms with van der Waals surface area (Å²) in [6.45, 7) is -0.0225. The molecule has 0 spiro atoms. The van der Waals surface area contributed by atoms with Gasteiger partial charge < -0.3 is 14.2 Å². The highest BCUT2D eigenvalue weighted by molar-refractivity contribution is 14.1. The number of amides is 1. The van der Waals surface area contributed by atoms with Gasteiger partial charge >= 0.3 is 6.09 Å². The van der Waals surface area contributed by atoms with E-state index < -0.39 is 6.09 Å². The molecular weight excluding hydrogens is 485 g/mol. The largest absolute Gasteiger partial charge is 0.497 e. The van der Waals surface area contributed by atoms with Crippen molar-refractivity contribution in [3.8, 4) is 11.5 Å². The second-order valence-electron chi connectivity index (χ2n) is 6.55. The summed E-state index contributed by atoms with van der Waals surface area (Å²) in [6.07, 6.45) is 1.60. The molecule has 29 heavy (non-hydrogen) atoms. The lowest BCUT2D eigenvalue weighted by atomic mass is 9.88. The molecule has 1 unspecified atom stereocenters. The summed E-state index contributed by atoms with van der Waals surface area (Å²) in [4.78, 5) is 26.4. The van der Waals surface area contributed by atoms with Crippen LogP contribution in [-0.2, 0) is 16.0 Å². The number of hydrogen-bond donors (Lipinski definition) is 0. The quantitative estimate of drug-likeness (QED) is 0.574. The minimum atomic E-state index is -0.533. The number of rotatable bonds is 5. The number of methoxy groups -OCH3 is 3. The number of carbonyl (C=O) groups excluding carboxylic acids is 2. The number of halogens is 1. The molecule has 0 aliphatic carbocycles. The lowest BCUT2D eigenvalue weighted by Gasteiger charge is -2.35. The van der Waals surface area contributed by atoms with E-state index in [1.807, 2.05) is 42.5 Å². The van der Waals surface area contributed by atoms with Crippen molar-refractivity contribution in [1.82, 2.24) is 4.90 Å². The standard InChI is InChI=1S/C22H22INO5/c1-27-17-8-4-6-14(10-17)18-12-16(25)13-24(22(26)29-3)19(18)11-15-7-5-9-20(28-2)21(15)23/h4-10,12,19H,11,13H2,1-3H3. The third kappa shape index (κ3) is 4.55. The van der Waals surface area contributed by atoms with Crippen molar-refractivity contribution in [1.29, 1.82) is 0 Å². The first kappa shape index (κ1) is 21.2. The highest BCUT2D eigenvalue weighted by Gasteiger charge is 2.34. The minimum absolute atomic E-state index is 0.0225. The van der Waals surface area contributed by atoms with Gasteiger partial charge in [-0.25, -0.2) is 4.79 Å². The summed E-state index contributed by atoms with van der Waals surface area (Å²) in [7, 11) is 4.54. The zero-order valence-corrected chi connectivity index (χ0v) is 18.6. The highest BCUT2D eigenvalue weighted by atomic mass is 127. The topological polar surface area (TPSA) is 65.1 Å². The van der Waals surface area contributed by atoms with Crippen LogP contribution in [-0.4, -0.2) is 50.7 Å². The second-order valence-corrected chi connectivity index (χ2v) is 7.63. The van der Waals surface area contributed by atoms with Gasteiger partial charge in [-0.3, -0.25) is 9.69 Å². The Bertz CT molecular complexity index is 956. The maximum atomic E-state index is 12.5. The van der Waals surface area contributed by atoms with Crippen molar-refractivity contribution >= 4 is 40.0 Å². The number of hydrogen-bond acceptors (Lipinski definition) is 5. The van der Waals surface area contributed by atoms with Crippen LogP contribution >= 0.6 is 22.6 Å². The van der Waals surface area contributed by atoms with E-state index in [9.17, 15) is 9.59 Å². The van der Waals surface area contributed by atoms with E-state index in [0.29, 0.717) is 12.2 Å². The molecule has 1 atom stereocenters. The van der Waals surface area contributed by atoms with Crippen LogP contribution in [0.4, 0.5) is 4.79 Å². The maximum Gasteiger partial charge on any atom is 0.410 e. The second kappa shape index (κ2) is 9.30. The normalized spacial score (nSPS) is 16.3. The number of ketones is 1. The zero-order chi connectivity index (χ0) is 21.0. The van der Waals surface area contributed by atoms with Crippen molar-refractivity contribution in [3.05, 3.63) is 63.2 Å². The van der Waals surface area contributed by atoms with E-state index >= 15 is 0 Å². The molecular formula is C22H22INO5. The van der Waals surface area contributed by atoms with Gasteiger partial charge in [-0.1, -0.05) is 24.3 Å². The van der Waals surface area contributed by atoms with Gasteiger partial charge in [0.15, 0.2) is 5.78 Å². The number of ether oxygens (including phenoxy) is 3. The van der Waals surface area contributed by atoms with Crippen LogP contribution in [0.1, 0.15) is 11.1 Å². The van der Waals surface area contributed by atoms with Gasteiger partial charge in [0, 0.05) is 0 Å². The summed E-state index contributed by atoms with van der Waals surface area (Å²) in [5.74, 6) is 1.30. The molecule has 0 bridgehead atoms. The first-order valence-corrected chi connectivity index (χ1v) is 10.1. The summed E-state index contributed by atoms with van der Waals surface area (Å²) in [5, 5.41) is 0. The van der Waals surface area contributed by atoms with Gasteiger partial charge in [0.05, 0.1) is 37.5 Å². The minimum Gasteiger partial charge on any atom is -0.497 e. The molecule has 0 fully saturated rings. The Hall–Kier alpha value is -2.55. The Morgan fingerprint density at radius 1 is 1.14 bits per heavy atom. The van der Waals surface area contributed by atoms with Crippen LogP contribution in [0.2, 0.25) is 0 Å². The van der Waals surface area contributed by atoms with Crippen LogP contribution in [0.5, 0.6) is 11.5 Å². The van der Waals surface area contributed by atoms with E-state index in [-0.39, 0.29) is 18.4 Å². The van der Waals surface area contributed by atoms with Gasteiger partial charge in [0.2, 0.25) is 0 Å². The van der Waals surface area contributed by atoms with Crippen molar-refractivity contribution in [3.63, 3.8) is 0 Å². The Labute approximate surface area is 183 Å². The molecule has 0 saturated heterocycles. The molecule has 3 rings (SSSR count). The van der Waals surface area contributed by atoms with Crippen molar-refractivity contribution in [2.24, 2.45) is 0 Å². The summed E-state index contributed by atoms with van der Waals surface area (Å²) < 4.78 is 16.7. The molecule has 0 aromatic heterocycles. The molecule has 152 valence electrons. The van der Waals surface area contributed by atoms with E-state index in [1.165, 1.54) is 12.0 Å². The van der Waals surface area contributed by atoms with E-state index in [1.54, 1.807) is 20.3 Å². The van der Waals surface area contributed by atoms with Crippen LogP contribution in [0.15, 0.2) is 48.5 Å². The molecule has 2 aromatic rings. The Balaban J connectivity index is 2.08. The maximum absolute atomic E-state index is 12.5. The molecule has 1 aliphatic heterocycles. The van der Waals surface area contributed by atoms with Crippen molar-refractivity contribution < 1.29 is 23.8 Å². The molecule has 1 amide bonds. The third-order valence-corrected chi connectivity index (χ3v) is 6.09. The van der Waals surface area contributed by atoms with Gasteiger partial charge in [0.1, 0.15) is 11.5 Å². The Morgan fingerprint density at radius 3 is 2.59 bits per heavy atom. The van der Waals surface area contributed by atoms with Crippen LogP contribution in [0, 0.1) is 3.57 Å². The molecule has 0 saturated carbocycles. The van der Waals surface area contributed by atoms with Gasteiger partial charge in [-0.2, -0.15) is 0 Å². The molecule has 2 aromatic carbocycles. The van der Waals surface area contributed by atoms with E-state index in [0.717, 1.165) is 26.0 Å². The van der Waals surface area contributed by atoms with Crippen LogP contribution < -0.4 is 9.47 Å². The van der Waals surface area contributed by atoms with Crippen molar-refractivity contribution in [2.75, 3.05) is 27.9 Å². The number of carbonyl (C=O) groups is 2. The molecule has 1 aliphatic rings. The van der Waals surface area contributed by atoms with E-state index in [4.69, 9.17) is 14.2 Å². The average Bonchev–Trinajstić information content (AvgIpc) is 2.75. The van der Waals surface area contributed by atoms with Gasteiger partial charge in [0.25, 0.3) is 0 Å². The zero-order valence-electron chi connectivity index (χ0n) is 16.5. The SMILES string of the molecule is COC(=O)N1CC(=O)C=C(c2cccc(OC)c2)C1Cc1cccc(OC)c1I. The monoisotopic (exact) mass is 507 g/mol. The summed E-state index contributed by atoms with van der Waals surface area (Å²) in [5.41, 5.74) is 2.60. The van der Waals surface area contributed by atoms with Crippen LogP contribution in [0.25, 0.3) is 5.57 Å². The summed E-state index contributed by atoms with van der Waals surface area (Å²) in [6, 6.07) is 12.9. The lowest BCUT2D eigenvalue weighted by Crippen LogP contribution is -2.47. The lowest BCUT2D eigenvalue weighted by molar-refractivity contribution is -0.116. The number of benzene rings is 2. The predicted octanol–water partition coefficient (Wildman–Crippen LogP) is 3.95. The number of nitrogens with zero attached hydrogens (tertiary/aromatic N) is 1. The molecule has 0 radical (unpaired) electrons. The third-order valence-electron chi connectivity index (χ3n) is 4.87. The fourth-order valence-corrected chi connectivity index (χ4v) is 4.25.